The van der Waals surface area contributed by atoms with Gasteiger partial charge in [-0.15, -0.1) is 0 Å². The first-order valence-electron chi connectivity index (χ1n) is 13.5. The predicted molar refractivity (Wildman–Crippen MR) is 159 cm³/mol. The van der Waals surface area contributed by atoms with Gasteiger partial charge in [0, 0.05) is 29.7 Å². The van der Waals surface area contributed by atoms with Crippen LogP contribution in [0.2, 0.25) is 0 Å². The van der Waals surface area contributed by atoms with Crippen molar-refractivity contribution in [1.29, 1.82) is 0 Å². The number of hydrogen-bond donors (Lipinski definition) is 3. The molecule has 0 amide bonds. The molecule has 3 N–H and O–H groups in total. The number of aliphatic carboxylic acids is 2. The molecule has 0 bridgehead atoms. The Bertz CT molecular complexity index is 1510. The maximum absolute atomic E-state index is 13.1. The van der Waals surface area contributed by atoms with Gasteiger partial charge < -0.3 is 25.0 Å². The van der Waals surface area contributed by atoms with E-state index in [4.69, 9.17) is 9.47 Å². The molecule has 0 saturated carbocycles. The lowest BCUT2D eigenvalue weighted by Gasteiger charge is -2.21. The first-order valence-corrected chi connectivity index (χ1v) is 13.5. The van der Waals surface area contributed by atoms with Gasteiger partial charge in [-0.25, -0.2) is 9.59 Å². The highest BCUT2D eigenvalue weighted by Crippen LogP contribution is 2.23. The Labute approximate surface area is 244 Å². The van der Waals surface area contributed by atoms with Crippen molar-refractivity contribution in [2.45, 2.75) is 38.3 Å². The number of hydrogen-bond acceptors (Lipinski definition) is 6. The third-order valence-corrected chi connectivity index (χ3v) is 6.67. The Hall–Kier alpha value is -5.11. The summed E-state index contributed by atoms with van der Waals surface area (Å²) in [5, 5.41) is 22.2. The summed E-state index contributed by atoms with van der Waals surface area (Å²) in [7, 11) is 0. The summed E-state index contributed by atoms with van der Waals surface area (Å²) < 4.78 is 11.4. The first-order chi connectivity index (χ1) is 20.1. The molecule has 1 unspecified atom stereocenters. The summed E-state index contributed by atoms with van der Waals surface area (Å²) in [6.45, 7) is 3.41. The molecule has 42 heavy (non-hydrogen) atoms. The van der Waals surface area contributed by atoms with Gasteiger partial charge in [0.25, 0.3) is 0 Å². The maximum atomic E-state index is 13.1. The summed E-state index contributed by atoms with van der Waals surface area (Å²) in [6.07, 6.45) is 0.840. The topological polar surface area (TPSA) is 122 Å². The summed E-state index contributed by atoms with van der Waals surface area (Å²) >= 11 is 0. The van der Waals surface area contributed by atoms with Crippen molar-refractivity contribution in [3.05, 3.63) is 125 Å². The van der Waals surface area contributed by atoms with Crippen LogP contribution in [0, 0.1) is 0 Å². The highest BCUT2D eigenvalue weighted by Gasteiger charge is 2.29. The van der Waals surface area contributed by atoms with Crippen molar-refractivity contribution >= 4 is 23.4 Å². The fourth-order valence-electron chi connectivity index (χ4n) is 4.25. The number of benzene rings is 4. The lowest BCUT2D eigenvalue weighted by atomic mass is 10.00. The molecule has 4 aromatic rings. The van der Waals surface area contributed by atoms with Gasteiger partial charge in [-0.2, -0.15) is 0 Å². The van der Waals surface area contributed by atoms with E-state index < -0.39 is 23.6 Å². The van der Waals surface area contributed by atoms with Crippen molar-refractivity contribution in [3.8, 4) is 11.5 Å². The number of carbonyl (C=O) groups is 3. The second-order valence-corrected chi connectivity index (χ2v) is 10.3. The van der Waals surface area contributed by atoms with Crippen molar-refractivity contribution < 1.29 is 34.1 Å². The van der Waals surface area contributed by atoms with Gasteiger partial charge in [-0.05, 0) is 61.4 Å². The molecule has 4 rings (SSSR count). The van der Waals surface area contributed by atoms with E-state index in [1.165, 1.54) is 13.8 Å². The van der Waals surface area contributed by atoms with Crippen LogP contribution in [0.25, 0.3) is 0 Å². The van der Waals surface area contributed by atoms with E-state index in [1.807, 2.05) is 30.3 Å². The number of nitrogens with one attached hydrogen (secondary N) is 1. The molecule has 0 heterocycles. The predicted octanol–water partition coefficient (Wildman–Crippen LogP) is 5.89. The lowest BCUT2D eigenvalue weighted by Crippen LogP contribution is -2.37. The monoisotopic (exact) mass is 567 g/mol. The zero-order valence-electron chi connectivity index (χ0n) is 23.4. The average molecular weight is 568 g/mol. The zero-order chi connectivity index (χ0) is 30.1. The smallest absolute Gasteiger partial charge is 0.347 e. The Balaban J connectivity index is 1.32. The number of para-hydroxylation sites is 1. The number of ether oxygens (including phenoxy) is 2. The number of carboxylic acid groups (broad SMARTS) is 2. The van der Waals surface area contributed by atoms with Crippen molar-refractivity contribution in [3.63, 3.8) is 0 Å². The number of ketones is 1. The number of anilines is 1. The summed E-state index contributed by atoms with van der Waals surface area (Å²) in [6, 6.07) is 29.3. The minimum absolute atomic E-state index is 0.184. The SMILES string of the molecule is CC(C)(Oc1ccc(CCOc2ccc(CC(Nc3ccccc3C(=O)c3ccccc3)C(=O)O)cc2)cc1)C(=O)O. The Morgan fingerprint density at radius 1 is 0.762 bits per heavy atom. The van der Waals surface area contributed by atoms with Crippen LogP contribution >= 0.6 is 0 Å². The molecular formula is C34H33NO7. The summed E-state index contributed by atoms with van der Waals surface area (Å²) in [5.74, 6) is -1.12. The van der Waals surface area contributed by atoms with E-state index in [9.17, 15) is 24.6 Å². The second kappa shape index (κ2) is 13.5. The van der Waals surface area contributed by atoms with Crippen LogP contribution in [0.5, 0.6) is 11.5 Å². The number of carboxylic acids is 2. The highest BCUT2D eigenvalue weighted by atomic mass is 16.5. The van der Waals surface area contributed by atoms with Crippen LogP contribution in [0.1, 0.15) is 40.9 Å². The van der Waals surface area contributed by atoms with Crippen LogP contribution < -0.4 is 14.8 Å². The molecule has 4 aromatic carbocycles. The molecule has 0 spiro atoms. The molecule has 0 radical (unpaired) electrons. The molecule has 8 nitrogen and oxygen atoms in total. The Morgan fingerprint density at radius 3 is 2.00 bits per heavy atom. The fraction of sp³-hybridized carbons (Fsp3) is 0.206. The molecule has 216 valence electrons. The molecule has 0 aliphatic carbocycles. The van der Waals surface area contributed by atoms with E-state index in [1.54, 1.807) is 72.8 Å². The maximum Gasteiger partial charge on any atom is 0.347 e. The summed E-state index contributed by atoms with van der Waals surface area (Å²) in [5.41, 5.74) is 1.89. The second-order valence-electron chi connectivity index (χ2n) is 10.3. The Morgan fingerprint density at radius 2 is 1.36 bits per heavy atom. The largest absolute Gasteiger partial charge is 0.493 e. The molecule has 0 saturated heterocycles. The molecular weight excluding hydrogens is 534 g/mol. The van der Waals surface area contributed by atoms with Crippen LogP contribution in [0.4, 0.5) is 5.69 Å². The van der Waals surface area contributed by atoms with Crippen molar-refractivity contribution in [1.82, 2.24) is 0 Å². The minimum Gasteiger partial charge on any atom is -0.493 e. The van der Waals surface area contributed by atoms with E-state index in [-0.39, 0.29) is 12.2 Å². The van der Waals surface area contributed by atoms with E-state index in [0.29, 0.717) is 41.3 Å². The minimum atomic E-state index is -1.32. The fourth-order valence-corrected chi connectivity index (χ4v) is 4.25. The quantitative estimate of drug-likeness (QED) is 0.161. The molecule has 0 aliphatic rings. The van der Waals surface area contributed by atoms with Gasteiger partial charge in [0.15, 0.2) is 11.4 Å². The average Bonchev–Trinajstić information content (AvgIpc) is 2.98. The van der Waals surface area contributed by atoms with Gasteiger partial charge >= 0.3 is 11.9 Å². The molecule has 0 aliphatic heterocycles. The van der Waals surface area contributed by atoms with Gasteiger partial charge in [0.1, 0.15) is 17.5 Å². The third kappa shape index (κ3) is 7.97. The van der Waals surface area contributed by atoms with Gasteiger partial charge in [-0.1, -0.05) is 66.7 Å². The lowest BCUT2D eigenvalue weighted by molar-refractivity contribution is -0.152. The van der Waals surface area contributed by atoms with Crippen molar-refractivity contribution in [2.75, 3.05) is 11.9 Å². The number of rotatable bonds is 14. The molecule has 0 fully saturated rings. The highest BCUT2D eigenvalue weighted by molar-refractivity contribution is 6.12. The van der Waals surface area contributed by atoms with Gasteiger partial charge in [0.2, 0.25) is 0 Å². The zero-order valence-corrected chi connectivity index (χ0v) is 23.4. The standard InChI is InChI=1S/C34H33NO7/c1-34(2,33(39)40)42-27-18-12-23(13-19-27)20-21-41-26-16-14-24(15-17-26)22-30(32(37)38)35-29-11-7-6-10-28(29)31(36)25-8-4-3-5-9-25/h3-19,30,35H,20-22H2,1-2H3,(H,37,38)(H,39,40). The third-order valence-electron chi connectivity index (χ3n) is 6.67. The van der Waals surface area contributed by atoms with Crippen LogP contribution in [-0.4, -0.2) is 46.2 Å². The van der Waals surface area contributed by atoms with E-state index >= 15 is 0 Å². The molecule has 0 aromatic heterocycles. The first kappa shape index (κ1) is 29.9. The summed E-state index contributed by atoms with van der Waals surface area (Å²) in [4.78, 5) is 36.4. The van der Waals surface area contributed by atoms with Crippen molar-refractivity contribution in [2.24, 2.45) is 0 Å². The van der Waals surface area contributed by atoms with Gasteiger partial charge in [-0.3, -0.25) is 4.79 Å². The van der Waals surface area contributed by atoms with Gasteiger partial charge in [0.05, 0.1) is 6.61 Å². The molecule has 1 atom stereocenters. The van der Waals surface area contributed by atoms with E-state index in [0.717, 1.165) is 11.1 Å². The Kier molecular flexibility index (Phi) is 9.60. The van der Waals surface area contributed by atoms with Crippen LogP contribution in [-0.2, 0) is 22.4 Å². The van der Waals surface area contributed by atoms with Crippen LogP contribution in [0.3, 0.4) is 0 Å². The van der Waals surface area contributed by atoms with E-state index in [2.05, 4.69) is 5.32 Å². The normalized spacial score (nSPS) is 11.8. The molecule has 8 heteroatoms. The van der Waals surface area contributed by atoms with Crippen LogP contribution in [0.15, 0.2) is 103 Å². The number of carbonyl (C=O) groups excluding carboxylic acids is 1.